The minimum Gasteiger partial charge on any atom is -0.391 e. The van der Waals surface area contributed by atoms with Gasteiger partial charge in [0.05, 0.1) is 18.3 Å². The Morgan fingerprint density at radius 1 is 1.17 bits per heavy atom. The molecule has 1 atom stereocenters. The van der Waals surface area contributed by atoms with E-state index in [9.17, 15) is 9.90 Å². The van der Waals surface area contributed by atoms with Gasteiger partial charge in [-0.1, -0.05) is 37.3 Å². The summed E-state index contributed by atoms with van der Waals surface area (Å²) in [6.07, 6.45) is 0.196. The summed E-state index contributed by atoms with van der Waals surface area (Å²) in [5.41, 5.74) is 1.74. The van der Waals surface area contributed by atoms with Crippen LogP contribution in [-0.2, 0) is 4.79 Å². The minimum atomic E-state index is -0.458. The minimum absolute atomic E-state index is 0.0960. The summed E-state index contributed by atoms with van der Waals surface area (Å²) in [6, 6.07) is 17.4. The molecule has 23 heavy (non-hydrogen) atoms. The summed E-state index contributed by atoms with van der Waals surface area (Å²) >= 11 is 2.20. The molecule has 1 amide bonds. The highest BCUT2D eigenvalue weighted by molar-refractivity contribution is 14.1. The highest BCUT2D eigenvalue weighted by atomic mass is 127. The molecule has 1 unspecified atom stereocenters. The Labute approximate surface area is 150 Å². The van der Waals surface area contributed by atoms with E-state index in [1.807, 2.05) is 66.4 Å². The molecule has 0 aliphatic rings. The number of carbonyl (C=O) groups is 1. The van der Waals surface area contributed by atoms with Gasteiger partial charge in [-0.25, -0.2) is 0 Å². The summed E-state index contributed by atoms with van der Waals surface area (Å²) in [6.45, 7) is 2.56. The molecule has 0 spiro atoms. The van der Waals surface area contributed by atoms with E-state index in [1.165, 1.54) is 0 Å². The number of para-hydroxylation sites is 2. The van der Waals surface area contributed by atoms with Crippen LogP contribution < -0.4 is 10.2 Å². The number of hydrogen-bond acceptors (Lipinski definition) is 3. The van der Waals surface area contributed by atoms with Gasteiger partial charge in [-0.2, -0.15) is 0 Å². The average molecular weight is 424 g/mol. The first-order chi connectivity index (χ1) is 11.1. The summed E-state index contributed by atoms with van der Waals surface area (Å²) in [7, 11) is 0. The van der Waals surface area contributed by atoms with Crippen molar-refractivity contribution in [3.05, 3.63) is 58.2 Å². The van der Waals surface area contributed by atoms with Crippen molar-refractivity contribution in [1.29, 1.82) is 0 Å². The van der Waals surface area contributed by atoms with Crippen molar-refractivity contribution in [3.63, 3.8) is 0 Å². The molecule has 0 bridgehead atoms. The predicted octanol–water partition coefficient (Wildman–Crippen LogP) is 3.51. The highest BCUT2D eigenvalue weighted by Gasteiger charge is 2.15. The van der Waals surface area contributed by atoms with Gasteiger partial charge < -0.3 is 15.3 Å². The lowest BCUT2D eigenvalue weighted by Gasteiger charge is -2.26. The Morgan fingerprint density at radius 2 is 1.83 bits per heavy atom. The first-order valence-corrected chi connectivity index (χ1v) is 8.70. The summed E-state index contributed by atoms with van der Waals surface area (Å²) in [5, 5.41) is 12.9. The van der Waals surface area contributed by atoms with Gasteiger partial charge in [0.25, 0.3) is 0 Å². The molecule has 2 aromatic carbocycles. The molecular formula is C18H21IN2O2. The largest absolute Gasteiger partial charge is 0.391 e. The van der Waals surface area contributed by atoms with E-state index in [0.717, 1.165) is 14.9 Å². The van der Waals surface area contributed by atoms with E-state index in [-0.39, 0.29) is 12.5 Å². The SMILES string of the molecule is CCC(O)CN(CC(=O)Nc1ccccc1I)c1ccccc1. The molecule has 0 saturated carbocycles. The lowest BCUT2D eigenvalue weighted by Crippen LogP contribution is -2.38. The molecule has 0 aromatic heterocycles. The van der Waals surface area contributed by atoms with E-state index in [2.05, 4.69) is 27.9 Å². The summed E-state index contributed by atoms with van der Waals surface area (Å²) in [4.78, 5) is 14.3. The Bertz CT molecular complexity index is 634. The molecule has 2 N–H and O–H groups in total. The number of anilines is 2. The smallest absolute Gasteiger partial charge is 0.243 e. The quantitative estimate of drug-likeness (QED) is 0.670. The first-order valence-electron chi connectivity index (χ1n) is 7.62. The molecular weight excluding hydrogens is 403 g/mol. The van der Waals surface area contributed by atoms with Crippen LogP contribution in [0.15, 0.2) is 54.6 Å². The number of amides is 1. The maximum Gasteiger partial charge on any atom is 0.243 e. The zero-order valence-electron chi connectivity index (χ0n) is 13.1. The third-order valence-corrected chi connectivity index (χ3v) is 4.45. The lowest BCUT2D eigenvalue weighted by atomic mass is 10.2. The molecule has 0 radical (unpaired) electrons. The van der Waals surface area contributed by atoms with Gasteiger partial charge in [0.2, 0.25) is 5.91 Å². The number of hydrogen-bond donors (Lipinski definition) is 2. The molecule has 2 rings (SSSR count). The van der Waals surface area contributed by atoms with Gasteiger partial charge in [0.15, 0.2) is 0 Å². The number of aliphatic hydroxyl groups is 1. The van der Waals surface area contributed by atoms with E-state index >= 15 is 0 Å². The van der Waals surface area contributed by atoms with Gasteiger partial charge in [0.1, 0.15) is 0 Å². The standard InChI is InChI=1S/C18H21IN2O2/c1-2-15(22)12-21(14-8-4-3-5-9-14)13-18(23)20-17-11-7-6-10-16(17)19/h3-11,15,22H,2,12-13H2,1H3,(H,20,23). The fourth-order valence-corrected chi connectivity index (χ4v) is 2.73. The number of benzene rings is 2. The fraction of sp³-hybridized carbons (Fsp3) is 0.278. The molecule has 0 aliphatic carbocycles. The van der Waals surface area contributed by atoms with E-state index in [0.29, 0.717) is 13.0 Å². The van der Waals surface area contributed by atoms with Crippen molar-refractivity contribution in [2.24, 2.45) is 0 Å². The van der Waals surface area contributed by atoms with Crippen molar-refractivity contribution < 1.29 is 9.90 Å². The van der Waals surface area contributed by atoms with Crippen LogP contribution in [0.4, 0.5) is 11.4 Å². The lowest BCUT2D eigenvalue weighted by molar-refractivity contribution is -0.115. The van der Waals surface area contributed by atoms with Crippen LogP contribution in [0.3, 0.4) is 0 Å². The fourth-order valence-electron chi connectivity index (χ4n) is 2.21. The van der Waals surface area contributed by atoms with Crippen LogP contribution in [0.2, 0.25) is 0 Å². The monoisotopic (exact) mass is 424 g/mol. The van der Waals surface area contributed by atoms with Crippen molar-refractivity contribution in [1.82, 2.24) is 0 Å². The molecule has 0 fully saturated rings. The van der Waals surface area contributed by atoms with Crippen molar-refractivity contribution >= 4 is 39.9 Å². The Kier molecular flexibility index (Phi) is 6.85. The maximum atomic E-state index is 12.4. The number of carbonyl (C=O) groups excluding carboxylic acids is 1. The van der Waals surface area contributed by atoms with Crippen molar-refractivity contribution in [2.75, 3.05) is 23.3 Å². The molecule has 0 aliphatic heterocycles. The molecule has 122 valence electrons. The highest BCUT2D eigenvalue weighted by Crippen LogP contribution is 2.18. The zero-order valence-corrected chi connectivity index (χ0v) is 15.2. The molecule has 0 heterocycles. The third kappa shape index (κ3) is 5.51. The van der Waals surface area contributed by atoms with Gasteiger partial charge >= 0.3 is 0 Å². The van der Waals surface area contributed by atoms with Crippen molar-refractivity contribution in [2.45, 2.75) is 19.4 Å². The Hall–Kier alpha value is -1.60. The molecule has 2 aromatic rings. The van der Waals surface area contributed by atoms with Gasteiger partial charge in [0, 0.05) is 15.8 Å². The zero-order chi connectivity index (χ0) is 16.7. The van der Waals surface area contributed by atoms with Crippen LogP contribution in [0.5, 0.6) is 0 Å². The second-order valence-corrected chi connectivity index (χ2v) is 6.47. The van der Waals surface area contributed by atoms with Gasteiger partial charge in [-0.3, -0.25) is 4.79 Å². The van der Waals surface area contributed by atoms with Crippen LogP contribution in [-0.4, -0.2) is 30.2 Å². The summed E-state index contributed by atoms with van der Waals surface area (Å²) < 4.78 is 0.998. The van der Waals surface area contributed by atoms with E-state index in [4.69, 9.17) is 0 Å². The number of nitrogens with one attached hydrogen (secondary N) is 1. The maximum absolute atomic E-state index is 12.4. The van der Waals surface area contributed by atoms with Gasteiger partial charge in [-0.05, 0) is 53.3 Å². The van der Waals surface area contributed by atoms with Crippen LogP contribution in [0, 0.1) is 3.57 Å². The third-order valence-electron chi connectivity index (χ3n) is 3.51. The normalized spacial score (nSPS) is 11.8. The number of rotatable bonds is 7. The molecule has 0 saturated heterocycles. The predicted molar refractivity (Wildman–Crippen MR) is 103 cm³/mol. The van der Waals surface area contributed by atoms with Crippen LogP contribution in [0.25, 0.3) is 0 Å². The van der Waals surface area contributed by atoms with Crippen LogP contribution >= 0.6 is 22.6 Å². The van der Waals surface area contributed by atoms with Crippen molar-refractivity contribution in [3.8, 4) is 0 Å². The van der Waals surface area contributed by atoms with Gasteiger partial charge in [-0.15, -0.1) is 0 Å². The Balaban J connectivity index is 2.08. The number of halogens is 1. The second-order valence-electron chi connectivity index (χ2n) is 5.31. The first kappa shape index (κ1) is 17.7. The number of aliphatic hydroxyl groups excluding tert-OH is 1. The second kappa shape index (κ2) is 8.88. The Morgan fingerprint density at radius 3 is 2.48 bits per heavy atom. The molecule has 5 heteroatoms. The van der Waals surface area contributed by atoms with E-state index < -0.39 is 6.10 Å². The average Bonchev–Trinajstić information content (AvgIpc) is 2.57. The van der Waals surface area contributed by atoms with Crippen LogP contribution in [0.1, 0.15) is 13.3 Å². The van der Waals surface area contributed by atoms with E-state index in [1.54, 1.807) is 0 Å². The summed E-state index contributed by atoms with van der Waals surface area (Å²) in [5.74, 6) is -0.0960. The number of nitrogens with zero attached hydrogens (tertiary/aromatic N) is 1. The topological polar surface area (TPSA) is 52.6 Å². The molecule has 4 nitrogen and oxygen atoms in total.